The van der Waals surface area contributed by atoms with Crippen LogP contribution in [0.15, 0.2) is 6.20 Å². The molecule has 0 saturated carbocycles. The summed E-state index contributed by atoms with van der Waals surface area (Å²) in [6, 6.07) is 0. The van der Waals surface area contributed by atoms with Gasteiger partial charge in [0.05, 0.1) is 11.1 Å². The fourth-order valence-corrected chi connectivity index (χ4v) is 1.96. The number of aryl methyl sites for hydroxylation is 2. The molecule has 100 valence electrons. The van der Waals surface area contributed by atoms with Crippen molar-refractivity contribution in [2.45, 2.75) is 26.8 Å². The van der Waals surface area contributed by atoms with Gasteiger partial charge in [-0.25, -0.2) is 14.6 Å². The molecule has 0 fully saturated rings. The predicted molar refractivity (Wildman–Crippen MR) is 67.7 cm³/mol. The summed E-state index contributed by atoms with van der Waals surface area (Å²) in [5.74, 6) is 0. The zero-order chi connectivity index (χ0) is 14.0. The second kappa shape index (κ2) is 5.27. The summed E-state index contributed by atoms with van der Waals surface area (Å²) in [6.45, 7) is 4.08. The van der Waals surface area contributed by atoms with E-state index < -0.39 is 4.92 Å². The molecule has 0 aliphatic heterocycles. The minimum atomic E-state index is -0.524. The summed E-state index contributed by atoms with van der Waals surface area (Å²) in [6.07, 6.45) is 2.25. The van der Waals surface area contributed by atoms with Crippen molar-refractivity contribution in [1.29, 1.82) is 0 Å². The molecular formula is C10H11ClN6O2. The van der Waals surface area contributed by atoms with Gasteiger partial charge < -0.3 is 0 Å². The van der Waals surface area contributed by atoms with Gasteiger partial charge in [0.15, 0.2) is 5.69 Å². The second-order valence-corrected chi connectivity index (χ2v) is 4.21. The van der Waals surface area contributed by atoms with Crippen molar-refractivity contribution in [2.75, 3.05) is 0 Å². The molecule has 0 aliphatic carbocycles. The topological polar surface area (TPSA) is 99.6 Å². The van der Waals surface area contributed by atoms with Gasteiger partial charge in [0, 0.05) is 6.54 Å². The summed E-state index contributed by atoms with van der Waals surface area (Å²) in [7, 11) is 0. The highest BCUT2D eigenvalue weighted by molar-refractivity contribution is 6.28. The van der Waals surface area contributed by atoms with Crippen molar-refractivity contribution in [2.24, 2.45) is 0 Å². The van der Waals surface area contributed by atoms with Crippen LogP contribution in [0.1, 0.15) is 19.0 Å². The molecule has 0 atom stereocenters. The number of aromatic nitrogens is 5. The van der Waals surface area contributed by atoms with Gasteiger partial charge >= 0.3 is 5.69 Å². The van der Waals surface area contributed by atoms with Gasteiger partial charge in [-0.15, -0.1) is 5.10 Å². The van der Waals surface area contributed by atoms with Gasteiger partial charge in [-0.05, 0) is 24.9 Å². The lowest BCUT2D eigenvalue weighted by atomic mass is 10.2. The first kappa shape index (κ1) is 13.3. The normalized spacial score (nSPS) is 10.7. The number of halogens is 1. The first-order valence-corrected chi connectivity index (χ1v) is 5.99. The third-order valence-electron chi connectivity index (χ3n) is 2.51. The van der Waals surface area contributed by atoms with Crippen molar-refractivity contribution >= 4 is 17.3 Å². The molecule has 0 amide bonds. The second-order valence-electron chi connectivity index (χ2n) is 3.87. The fraction of sp³-hybridized carbons (Fsp3) is 0.400. The molecule has 2 heterocycles. The highest BCUT2D eigenvalue weighted by atomic mass is 35.5. The maximum Gasteiger partial charge on any atom is 0.318 e. The van der Waals surface area contributed by atoms with E-state index in [2.05, 4.69) is 20.3 Å². The Balaban J connectivity index is 2.66. The van der Waals surface area contributed by atoms with Gasteiger partial charge in [0.1, 0.15) is 11.4 Å². The molecule has 2 aromatic rings. The molecule has 0 unspecified atom stereocenters. The van der Waals surface area contributed by atoms with Crippen LogP contribution in [-0.4, -0.2) is 29.9 Å². The lowest BCUT2D eigenvalue weighted by Gasteiger charge is -2.06. The quantitative estimate of drug-likeness (QED) is 0.483. The Labute approximate surface area is 113 Å². The van der Waals surface area contributed by atoms with Gasteiger partial charge in [0.2, 0.25) is 5.28 Å². The molecule has 0 bridgehead atoms. The number of hydrogen-bond donors (Lipinski definition) is 0. The smallest absolute Gasteiger partial charge is 0.258 e. The monoisotopic (exact) mass is 282 g/mol. The van der Waals surface area contributed by atoms with Crippen LogP contribution >= 0.6 is 11.6 Å². The molecule has 2 rings (SSSR count). The van der Waals surface area contributed by atoms with Crippen LogP contribution in [0, 0.1) is 17.0 Å². The van der Waals surface area contributed by atoms with Crippen molar-refractivity contribution < 1.29 is 4.92 Å². The molecule has 9 heteroatoms. The average molecular weight is 283 g/mol. The van der Waals surface area contributed by atoms with Crippen LogP contribution in [0.5, 0.6) is 0 Å². The molecule has 0 spiro atoms. The van der Waals surface area contributed by atoms with Crippen molar-refractivity contribution in [3.63, 3.8) is 0 Å². The maximum absolute atomic E-state index is 11.2. The SMILES string of the molecule is CCCn1nncc1-c1nc(Cl)nc(C)c1[N+](=O)[O-]. The molecule has 8 nitrogen and oxygen atoms in total. The molecular weight excluding hydrogens is 272 g/mol. The molecule has 0 aromatic carbocycles. The average Bonchev–Trinajstić information content (AvgIpc) is 2.75. The third kappa shape index (κ3) is 2.53. The Hall–Kier alpha value is -2.09. The molecule has 0 aliphatic rings. The third-order valence-corrected chi connectivity index (χ3v) is 2.68. The van der Waals surface area contributed by atoms with Crippen LogP contribution in [0.2, 0.25) is 5.28 Å². The van der Waals surface area contributed by atoms with E-state index in [-0.39, 0.29) is 22.4 Å². The molecule has 0 radical (unpaired) electrons. The Morgan fingerprint density at radius 2 is 2.21 bits per heavy atom. The lowest BCUT2D eigenvalue weighted by Crippen LogP contribution is -2.06. The Morgan fingerprint density at radius 3 is 2.84 bits per heavy atom. The van der Waals surface area contributed by atoms with E-state index in [1.54, 1.807) is 4.68 Å². The minimum absolute atomic E-state index is 0.0395. The summed E-state index contributed by atoms with van der Waals surface area (Å²) in [5, 5.41) is 18.8. The van der Waals surface area contributed by atoms with Crippen molar-refractivity contribution in [1.82, 2.24) is 25.0 Å². The van der Waals surface area contributed by atoms with Crippen molar-refractivity contribution in [3.05, 3.63) is 27.3 Å². The molecule has 0 N–H and O–H groups in total. The van der Waals surface area contributed by atoms with E-state index in [0.29, 0.717) is 12.2 Å². The standard InChI is InChI=1S/C10H11ClN6O2/c1-3-4-16-7(5-12-15-16)8-9(17(18)19)6(2)13-10(11)14-8/h5H,3-4H2,1-2H3. The summed E-state index contributed by atoms with van der Waals surface area (Å²) in [4.78, 5) is 18.4. The van der Waals surface area contributed by atoms with E-state index in [0.717, 1.165) is 6.42 Å². The minimum Gasteiger partial charge on any atom is -0.258 e. The highest BCUT2D eigenvalue weighted by Crippen LogP contribution is 2.30. The van der Waals surface area contributed by atoms with Crippen LogP contribution in [-0.2, 0) is 6.54 Å². The maximum atomic E-state index is 11.2. The van der Waals surface area contributed by atoms with E-state index in [9.17, 15) is 10.1 Å². The Morgan fingerprint density at radius 1 is 1.47 bits per heavy atom. The number of nitrogens with zero attached hydrogens (tertiary/aromatic N) is 6. The van der Waals surface area contributed by atoms with Gasteiger partial charge in [-0.1, -0.05) is 12.1 Å². The summed E-state index contributed by atoms with van der Waals surface area (Å²) in [5.41, 5.74) is 0.634. The highest BCUT2D eigenvalue weighted by Gasteiger charge is 2.25. The molecule has 2 aromatic heterocycles. The van der Waals surface area contributed by atoms with E-state index in [1.165, 1.54) is 13.1 Å². The number of hydrogen-bond acceptors (Lipinski definition) is 6. The van der Waals surface area contributed by atoms with E-state index in [1.807, 2.05) is 6.92 Å². The largest absolute Gasteiger partial charge is 0.318 e. The number of rotatable bonds is 4. The van der Waals surface area contributed by atoms with Crippen LogP contribution in [0.4, 0.5) is 5.69 Å². The lowest BCUT2D eigenvalue weighted by molar-refractivity contribution is -0.385. The van der Waals surface area contributed by atoms with Crippen LogP contribution in [0.3, 0.4) is 0 Å². The number of nitro groups is 1. The molecule has 19 heavy (non-hydrogen) atoms. The Kier molecular flexibility index (Phi) is 3.70. The predicted octanol–water partition coefficient (Wildman–Crippen LogP) is 2.02. The van der Waals surface area contributed by atoms with Crippen LogP contribution < -0.4 is 0 Å². The summed E-state index contributed by atoms with van der Waals surface area (Å²) >= 11 is 5.78. The van der Waals surface area contributed by atoms with Gasteiger partial charge in [-0.3, -0.25) is 10.1 Å². The van der Waals surface area contributed by atoms with Crippen molar-refractivity contribution in [3.8, 4) is 11.4 Å². The zero-order valence-corrected chi connectivity index (χ0v) is 11.1. The van der Waals surface area contributed by atoms with Gasteiger partial charge in [-0.2, -0.15) is 0 Å². The zero-order valence-electron chi connectivity index (χ0n) is 10.4. The summed E-state index contributed by atoms with van der Waals surface area (Å²) < 4.78 is 1.56. The molecule has 0 saturated heterocycles. The van der Waals surface area contributed by atoms with Gasteiger partial charge in [0.25, 0.3) is 0 Å². The first-order valence-electron chi connectivity index (χ1n) is 5.62. The van der Waals surface area contributed by atoms with E-state index >= 15 is 0 Å². The van der Waals surface area contributed by atoms with E-state index in [4.69, 9.17) is 11.6 Å². The van der Waals surface area contributed by atoms with Crippen LogP contribution in [0.25, 0.3) is 11.4 Å². The Bertz CT molecular complexity index is 626. The first-order chi connectivity index (χ1) is 9.04. The fourth-order valence-electron chi connectivity index (χ4n) is 1.75.